The van der Waals surface area contributed by atoms with Crippen LogP contribution < -0.4 is 0 Å². The Labute approximate surface area is 178 Å². The van der Waals surface area contributed by atoms with Gasteiger partial charge in [0.25, 0.3) is 0 Å². The highest BCUT2D eigenvalue weighted by molar-refractivity contribution is 8.87. The summed E-state index contributed by atoms with van der Waals surface area (Å²) < 4.78 is 23.8. The van der Waals surface area contributed by atoms with Crippen molar-refractivity contribution in [2.45, 2.75) is 39.2 Å². The maximum Gasteiger partial charge on any atom is 0.392 e. The van der Waals surface area contributed by atoms with Crippen LogP contribution in [0.1, 0.15) is 38.8 Å². The van der Waals surface area contributed by atoms with Crippen molar-refractivity contribution in [3.63, 3.8) is 0 Å². The summed E-state index contributed by atoms with van der Waals surface area (Å²) in [7, 11) is -0.856. The van der Waals surface area contributed by atoms with E-state index < -0.39 is 13.7 Å². The lowest BCUT2D eigenvalue weighted by atomic mass is 9.97. The van der Waals surface area contributed by atoms with E-state index in [-0.39, 0.29) is 10.8 Å². The molecular weight excluding hydrogens is 438 g/mol. The lowest BCUT2D eigenvalue weighted by Crippen LogP contribution is -2.29. The van der Waals surface area contributed by atoms with Crippen LogP contribution >= 0.6 is 48.7 Å². The van der Waals surface area contributed by atoms with Crippen LogP contribution in [0, 0.1) is 10.8 Å². The van der Waals surface area contributed by atoms with Gasteiger partial charge >= 0.3 is 6.12 Å². The molecule has 9 heteroatoms. The van der Waals surface area contributed by atoms with Crippen LogP contribution in [0.5, 0.6) is 0 Å². The molecule has 2 saturated heterocycles. The molecule has 2 aliphatic rings. The third kappa shape index (κ3) is 7.01. The van der Waals surface area contributed by atoms with Gasteiger partial charge in [-0.25, -0.2) is 0 Å². The van der Waals surface area contributed by atoms with Crippen LogP contribution in [0.3, 0.4) is 0 Å². The average molecular weight is 468 g/mol. The summed E-state index contributed by atoms with van der Waals surface area (Å²) in [6.45, 7) is 11.6. The second-order valence-corrected chi connectivity index (χ2v) is 18.2. The minimum absolute atomic E-state index is 0.0675. The molecule has 1 aromatic carbocycles. The summed E-state index contributed by atoms with van der Waals surface area (Å²) in [6.07, 6.45) is -2.13. The Morgan fingerprint density at radius 3 is 2.04 bits per heavy atom. The largest absolute Gasteiger partial charge is 0.392 e. The number of rotatable bonds is 6. The summed E-state index contributed by atoms with van der Waals surface area (Å²) in [4.78, 5) is 0. The van der Waals surface area contributed by atoms with Crippen molar-refractivity contribution in [3.05, 3.63) is 35.4 Å². The van der Waals surface area contributed by atoms with Gasteiger partial charge in [-0.3, -0.25) is 0 Å². The summed E-state index contributed by atoms with van der Waals surface area (Å²) >= 11 is 8.19. The first-order chi connectivity index (χ1) is 12.7. The first kappa shape index (κ1) is 22.7. The number of benzene rings is 1. The van der Waals surface area contributed by atoms with Crippen molar-refractivity contribution in [3.8, 4) is 0 Å². The van der Waals surface area contributed by atoms with E-state index in [2.05, 4.69) is 52.0 Å². The molecule has 0 aliphatic carbocycles. The lowest BCUT2D eigenvalue weighted by molar-refractivity contribution is 0.0658. The van der Waals surface area contributed by atoms with E-state index in [1.54, 1.807) is 22.8 Å². The quantitative estimate of drug-likeness (QED) is 0.354. The molecule has 0 N–H and O–H groups in total. The molecule has 4 nitrogen and oxygen atoms in total. The summed E-state index contributed by atoms with van der Waals surface area (Å²) in [5.74, 6) is 1.72. The SMILES string of the molecule is CC1(C)COP(SCc2ccccc2CS[P+]2(S)OCC(C)(C)CO2)OC1. The zero-order chi connectivity index (χ0) is 19.5. The molecule has 2 fully saturated rings. The second kappa shape index (κ2) is 9.41. The lowest BCUT2D eigenvalue weighted by Gasteiger charge is -2.33. The van der Waals surface area contributed by atoms with Crippen LogP contribution in [0.4, 0.5) is 0 Å². The zero-order valence-electron chi connectivity index (χ0n) is 16.3. The topological polar surface area (TPSA) is 36.9 Å². The highest BCUT2D eigenvalue weighted by Crippen LogP contribution is 2.78. The molecule has 152 valence electrons. The molecule has 0 saturated carbocycles. The van der Waals surface area contributed by atoms with Gasteiger partial charge in [-0.05, 0) is 11.1 Å². The molecule has 2 aliphatic heterocycles. The van der Waals surface area contributed by atoms with E-state index in [0.29, 0.717) is 13.2 Å². The molecule has 0 unspecified atom stereocenters. The van der Waals surface area contributed by atoms with Crippen LogP contribution in [-0.4, -0.2) is 26.4 Å². The normalized spacial score (nSPS) is 24.6. The monoisotopic (exact) mass is 467 g/mol. The first-order valence-corrected chi connectivity index (χ1v) is 16.1. The van der Waals surface area contributed by atoms with Crippen molar-refractivity contribution in [2.75, 3.05) is 26.4 Å². The maximum absolute atomic E-state index is 5.99. The molecule has 27 heavy (non-hydrogen) atoms. The fraction of sp³-hybridized carbons (Fsp3) is 0.667. The Bertz CT molecular complexity index is 625. The molecule has 0 spiro atoms. The van der Waals surface area contributed by atoms with E-state index in [9.17, 15) is 0 Å². The van der Waals surface area contributed by atoms with Gasteiger partial charge in [0, 0.05) is 16.6 Å². The second-order valence-electron chi connectivity index (χ2n) is 8.43. The van der Waals surface area contributed by atoms with Gasteiger partial charge in [0.2, 0.25) is 7.58 Å². The molecule has 3 rings (SSSR count). The van der Waals surface area contributed by atoms with Crippen molar-refractivity contribution in [1.82, 2.24) is 0 Å². The maximum atomic E-state index is 5.99. The van der Waals surface area contributed by atoms with E-state index >= 15 is 0 Å². The van der Waals surface area contributed by atoms with E-state index in [1.165, 1.54) is 11.1 Å². The van der Waals surface area contributed by atoms with Crippen LogP contribution in [0.15, 0.2) is 24.3 Å². The van der Waals surface area contributed by atoms with Gasteiger partial charge in [0.15, 0.2) is 0 Å². The predicted molar refractivity (Wildman–Crippen MR) is 123 cm³/mol. The van der Waals surface area contributed by atoms with Gasteiger partial charge in [0.1, 0.15) is 13.2 Å². The third-order valence-corrected chi connectivity index (χ3v) is 12.6. The van der Waals surface area contributed by atoms with Gasteiger partial charge < -0.3 is 9.05 Å². The highest BCUT2D eigenvalue weighted by atomic mass is 33.1. The standard InChI is InChI=1S/C18H29O4P2S3/c1-17(2)11-19-23(20-12-17)26-9-15-7-5-6-8-16(15)10-27-24(25)21-13-18(3,4)14-22-24/h5-8,25H,9-14H2,1-4H3/q+1. The fourth-order valence-electron chi connectivity index (χ4n) is 2.39. The molecule has 2 heterocycles. The number of hydrogen-bond acceptors (Lipinski definition) is 7. The van der Waals surface area contributed by atoms with Gasteiger partial charge in [0.05, 0.1) is 42.6 Å². The molecular formula is C18H29O4P2S3+. The predicted octanol–water partition coefficient (Wildman–Crippen LogP) is 7.13. The zero-order valence-corrected chi connectivity index (χ0v) is 20.7. The fourth-order valence-corrected chi connectivity index (χ4v) is 9.91. The van der Waals surface area contributed by atoms with Crippen molar-refractivity contribution in [1.29, 1.82) is 0 Å². The summed E-state index contributed by atoms with van der Waals surface area (Å²) in [6, 6.07) is 8.53. The van der Waals surface area contributed by atoms with E-state index in [4.69, 9.17) is 30.3 Å². The summed E-state index contributed by atoms with van der Waals surface area (Å²) in [5, 5.41) is 0. The van der Waals surface area contributed by atoms with Crippen molar-refractivity contribution < 1.29 is 18.1 Å². The minimum atomic E-state index is -2.13. The van der Waals surface area contributed by atoms with Crippen LogP contribution in [0.2, 0.25) is 0 Å². The molecule has 0 aromatic heterocycles. The molecule has 0 bridgehead atoms. The Hall–Kier alpha value is 0.970. The Kier molecular flexibility index (Phi) is 7.89. The van der Waals surface area contributed by atoms with Crippen molar-refractivity contribution in [2.24, 2.45) is 10.8 Å². The van der Waals surface area contributed by atoms with Gasteiger partial charge in [-0.2, -0.15) is 9.05 Å². The van der Waals surface area contributed by atoms with Gasteiger partial charge in [-0.1, -0.05) is 63.3 Å². The third-order valence-electron chi connectivity index (χ3n) is 4.19. The Morgan fingerprint density at radius 2 is 1.44 bits per heavy atom. The minimum Gasteiger partial charge on any atom is -0.325 e. The summed E-state index contributed by atoms with van der Waals surface area (Å²) in [5.41, 5.74) is 2.80. The molecule has 0 amide bonds. The Morgan fingerprint density at radius 1 is 0.926 bits per heavy atom. The molecule has 0 radical (unpaired) electrons. The number of thiol groups is 1. The average Bonchev–Trinajstić information content (AvgIpc) is 2.63. The van der Waals surface area contributed by atoms with E-state index in [1.807, 2.05) is 0 Å². The smallest absolute Gasteiger partial charge is 0.325 e. The Balaban J connectivity index is 1.52. The molecule has 0 atom stereocenters. The highest BCUT2D eigenvalue weighted by Gasteiger charge is 2.48. The number of hydrogen-bond donors (Lipinski definition) is 1. The van der Waals surface area contributed by atoms with Crippen LogP contribution in [-0.2, 0) is 29.6 Å². The molecule has 1 aromatic rings. The first-order valence-electron chi connectivity index (χ1n) is 8.98. The van der Waals surface area contributed by atoms with Crippen molar-refractivity contribution >= 4 is 48.7 Å². The van der Waals surface area contributed by atoms with Crippen LogP contribution in [0.25, 0.3) is 0 Å². The van der Waals surface area contributed by atoms with Gasteiger partial charge in [-0.15, -0.1) is 0 Å². The van der Waals surface area contributed by atoms with E-state index in [0.717, 1.165) is 24.7 Å².